The summed E-state index contributed by atoms with van der Waals surface area (Å²) in [6.07, 6.45) is 3.52. The second kappa shape index (κ2) is 7.37. The van der Waals surface area contributed by atoms with Gasteiger partial charge in [-0.1, -0.05) is 12.1 Å². The van der Waals surface area contributed by atoms with Gasteiger partial charge in [-0.15, -0.1) is 0 Å². The third-order valence-electron chi connectivity index (χ3n) is 6.16. The number of ether oxygens (including phenoxy) is 2. The molecule has 0 saturated carbocycles. The molecule has 4 heterocycles. The average molecular weight is 426 g/mol. The molecule has 32 heavy (non-hydrogen) atoms. The van der Waals surface area contributed by atoms with Crippen molar-refractivity contribution in [2.45, 2.75) is 32.1 Å². The summed E-state index contributed by atoms with van der Waals surface area (Å²) in [5.74, 6) is 4.00. The van der Waals surface area contributed by atoms with Gasteiger partial charge in [0, 0.05) is 18.2 Å². The van der Waals surface area contributed by atoms with Gasteiger partial charge in [-0.3, -0.25) is 4.79 Å². The monoisotopic (exact) mass is 426 g/mol. The highest BCUT2D eigenvalue weighted by molar-refractivity contribution is 5.93. The van der Waals surface area contributed by atoms with E-state index >= 15 is 0 Å². The second-order valence-electron chi connectivity index (χ2n) is 8.36. The molecule has 0 bridgehead atoms. The summed E-state index contributed by atoms with van der Waals surface area (Å²) < 4.78 is 12.3. The third kappa shape index (κ3) is 3.26. The number of para-hydroxylation sites is 1. The number of benzene rings is 2. The van der Waals surface area contributed by atoms with Gasteiger partial charge in [0.05, 0.1) is 23.6 Å². The molecule has 7 nitrogen and oxygen atoms in total. The van der Waals surface area contributed by atoms with Gasteiger partial charge in [0.15, 0.2) is 0 Å². The van der Waals surface area contributed by atoms with Crippen LogP contribution < -0.4 is 14.8 Å². The van der Waals surface area contributed by atoms with E-state index in [0.29, 0.717) is 25.3 Å². The molecule has 7 heteroatoms. The number of fused-ring (bicyclic) bond motifs is 3. The summed E-state index contributed by atoms with van der Waals surface area (Å²) in [6, 6.07) is 13.9. The Morgan fingerprint density at radius 1 is 1.16 bits per heavy atom. The first kappa shape index (κ1) is 18.9. The van der Waals surface area contributed by atoms with Crippen molar-refractivity contribution in [3.8, 4) is 17.2 Å². The van der Waals surface area contributed by atoms with Gasteiger partial charge in [0.1, 0.15) is 28.9 Å². The predicted octanol–water partition coefficient (Wildman–Crippen LogP) is 4.66. The topological polar surface area (TPSA) is 89.1 Å². The van der Waals surface area contributed by atoms with Crippen LogP contribution in [0.1, 0.15) is 34.9 Å². The summed E-state index contributed by atoms with van der Waals surface area (Å²) in [5.41, 5.74) is 5.25. The number of nitrogens with zero attached hydrogens (tertiary/aromatic N) is 2. The number of imidazole rings is 1. The molecule has 1 amide bonds. The minimum Gasteiger partial charge on any atom is -0.493 e. The predicted molar refractivity (Wildman–Crippen MR) is 120 cm³/mol. The van der Waals surface area contributed by atoms with Crippen LogP contribution in [0.3, 0.4) is 0 Å². The van der Waals surface area contributed by atoms with Crippen molar-refractivity contribution >= 4 is 22.8 Å². The molecular weight excluding hydrogens is 404 g/mol. The quantitative estimate of drug-likeness (QED) is 0.497. The molecule has 4 aromatic rings. The van der Waals surface area contributed by atoms with Gasteiger partial charge in [-0.2, -0.15) is 0 Å². The number of hydrogen-bond donors (Lipinski definition) is 2. The van der Waals surface area contributed by atoms with Crippen LogP contribution >= 0.6 is 0 Å². The first-order valence-electron chi connectivity index (χ1n) is 10.8. The van der Waals surface area contributed by atoms with Gasteiger partial charge < -0.3 is 19.8 Å². The van der Waals surface area contributed by atoms with Crippen molar-refractivity contribution in [2.24, 2.45) is 0 Å². The Morgan fingerprint density at radius 2 is 2.09 bits per heavy atom. The Labute approximate surface area is 184 Å². The molecule has 6 rings (SSSR count). The van der Waals surface area contributed by atoms with Gasteiger partial charge in [-0.05, 0) is 61.2 Å². The zero-order valence-electron chi connectivity index (χ0n) is 17.6. The summed E-state index contributed by atoms with van der Waals surface area (Å²) in [4.78, 5) is 24.2. The van der Waals surface area contributed by atoms with Crippen LogP contribution in [-0.4, -0.2) is 27.5 Å². The number of carbonyl (C=O) groups excluding carboxylic acids is 1. The van der Waals surface area contributed by atoms with Crippen molar-refractivity contribution in [1.82, 2.24) is 15.0 Å². The number of rotatable bonds is 3. The first-order valence-corrected chi connectivity index (χ1v) is 10.8. The number of aryl methyl sites for hydroxylation is 1. The molecule has 160 valence electrons. The number of aromatic nitrogens is 3. The van der Waals surface area contributed by atoms with Gasteiger partial charge >= 0.3 is 0 Å². The lowest BCUT2D eigenvalue weighted by Gasteiger charge is -2.25. The Hall–Kier alpha value is -3.87. The lowest BCUT2D eigenvalue weighted by molar-refractivity contribution is -0.116. The summed E-state index contributed by atoms with van der Waals surface area (Å²) in [6.45, 7) is 2.66. The van der Waals surface area contributed by atoms with E-state index in [2.05, 4.69) is 34.3 Å². The molecule has 0 saturated heterocycles. The zero-order valence-corrected chi connectivity index (χ0v) is 17.6. The molecule has 2 N–H and O–H groups in total. The number of nitrogens with one attached hydrogen (secondary N) is 2. The van der Waals surface area contributed by atoms with Gasteiger partial charge in [-0.25, -0.2) is 9.97 Å². The van der Waals surface area contributed by atoms with E-state index in [1.807, 2.05) is 30.3 Å². The average Bonchev–Trinajstić information content (AvgIpc) is 3.24. The van der Waals surface area contributed by atoms with Crippen LogP contribution in [0.15, 0.2) is 48.7 Å². The minimum atomic E-state index is -0.0140. The van der Waals surface area contributed by atoms with E-state index in [1.54, 1.807) is 6.20 Å². The summed E-state index contributed by atoms with van der Waals surface area (Å²) in [7, 11) is 0. The molecule has 0 radical (unpaired) electrons. The Bertz CT molecular complexity index is 1360. The minimum absolute atomic E-state index is 0.0140. The molecule has 0 aliphatic carbocycles. The first-order chi connectivity index (χ1) is 15.6. The zero-order chi connectivity index (χ0) is 21.7. The summed E-state index contributed by atoms with van der Waals surface area (Å²) >= 11 is 0. The largest absolute Gasteiger partial charge is 0.493 e. The highest BCUT2D eigenvalue weighted by Crippen LogP contribution is 2.37. The lowest BCUT2D eigenvalue weighted by atomic mass is 9.96. The number of pyridine rings is 1. The smallest absolute Gasteiger partial charge is 0.225 e. The fourth-order valence-corrected chi connectivity index (χ4v) is 4.48. The van der Waals surface area contributed by atoms with Crippen molar-refractivity contribution < 1.29 is 14.3 Å². The maximum Gasteiger partial charge on any atom is 0.225 e. The van der Waals surface area contributed by atoms with Crippen molar-refractivity contribution in [3.05, 3.63) is 71.2 Å². The van der Waals surface area contributed by atoms with Gasteiger partial charge in [0.2, 0.25) is 5.91 Å². The van der Waals surface area contributed by atoms with E-state index in [9.17, 15) is 4.79 Å². The van der Waals surface area contributed by atoms with Crippen LogP contribution in [0, 0.1) is 6.92 Å². The van der Waals surface area contributed by atoms with Gasteiger partial charge in [0.25, 0.3) is 0 Å². The van der Waals surface area contributed by atoms with Crippen molar-refractivity contribution in [3.63, 3.8) is 0 Å². The normalized spacial score (nSPS) is 17.3. The maximum atomic E-state index is 11.7. The molecule has 2 aliphatic heterocycles. The van der Waals surface area contributed by atoms with Crippen molar-refractivity contribution in [2.75, 3.05) is 11.9 Å². The number of amides is 1. The third-order valence-corrected chi connectivity index (χ3v) is 6.16. The fourth-order valence-electron chi connectivity index (χ4n) is 4.48. The van der Waals surface area contributed by atoms with Crippen molar-refractivity contribution in [1.29, 1.82) is 0 Å². The lowest BCUT2D eigenvalue weighted by Crippen LogP contribution is -2.20. The highest BCUT2D eigenvalue weighted by atomic mass is 16.5. The number of H-pyrrole nitrogens is 1. The molecular formula is C25H22N4O3. The molecule has 2 aromatic carbocycles. The Kier molecular flexibility index (Phi) is 4.35. The number of aromatic amines is 1. The molecule has 0 fully saturated rings. The maximum absolute atomic E-state index is 11.7. The molecule has 2 aliphatic rings. The van der Waals surface area contributed by atoms with Crippen LogP contribution in [0.5, 0.6) is 17.2 Å². The molecule has 1 atom stereocenters. The SMILES string of the molecule is Cc1cccc2[nH]c(C3COc4ccc(Oc5ccnc6c5CCC(=O)N6)cc4C3)nc12. The van der Waals surface area contributed by atoms with Crippen LogP contribution in [-0.2, 0) is 17.6 Å². The van der Waals surface area contributed by atoms with Crippen LogP contribution in [0.4, 0.5) is 5.82 Å². The number of carbonyl (C=O) groups is 1. The van der Waals surface area contributed by atoms with E-state index in [0.717, 1.165) is 57.2 Å². The van der Waals surface area contributed by atoms with E-state index < -0.39 is 0 Å². The summed E-state index contributed by atoms with van der Waals surface area (Å²) in [5, 5.41) is 2.81. The number of anilines is 1. The van der Waals surface area contributed by atoms with E-state index in [-0.39, 0.29) is 11.8 Å². The molecule has 1 unspecified atom stereocenters. The standard InChI is InChI=1S/C25H22N4O3/c1-14-3-2-4-19-23(14)29-24(27-19)16-11-15-12-17(5-7-20(15)31-13-16)32-21-9-10-26-25-18(21)6-8-22(30)28-25/h2-5,7,9-10,12,16H,6,8,11,13H2,1H3,(H,27,29)(H,26,28,30). The fraction of sp³-hybridized carbons (Fsp3) is 0.240. The van der Waals surface area contributed by atoms with E-state index in [1.165, 1.54) is 0 Å². The highest BCUT2D eigenvalue weighted by Gasteiger charge is 2.25. The van der Waals surface area contributed by atoms with Crippen LogP contribution in [0.2, 0.25) is 0 Å². The number of hydrogen-bond acceptors (Lipinski definition) is 5. The molecule has 2 aromatic heterocycles. The van der Waals surface area contributed by atoms with E-state index in [4.69, 9.17) is 14.5 Å². The Morgan fingerprint density at radius 3 is 3.00 bits per heavy atom. The Balaban J connectivity index is 1.27. The van der Waals surface area contributed by atoms with Crippen LogP contribution in [0.25, 0.3) is 11.0 Å². The molecule has 0 spiro atoms. The second-order valence-corrected chi connectivity index (χ2v) is 8.36.